The first-order valence-corrected chi connectivity index (χ1v) is 9.16. The number of cyclic esters (lactones) is 1. The Bertz CT molecular complexity index is 668. The van der Waals surface area contributed by atoms with Crippen molar-refractivity contribution in [1.29, 1.82) is 0 Å². The van der Waals surface area contributed by atoms with E-state index < -0.39 is 12.3 Å². The van der Waals surface area contributed by atoms with E-state index in [1.165, 1.54) is 38.7 Å². The van der Waals surface area contributed by atoms with Crippen LogP contribution in [0, 0.1) is 0 Å². The second kappa shape index (κ2) is 9.97. The van der Waals surface area contributed by atoms with Crippen LogP contribution in [-0.2, 0) is 14.3 Å². The molecule has 142 valence electrons. The van der Waals surface area contributed by atoms with Crippen LogP contribution in [0.1, 0.15) is 57.9 Å². The minimum atomic E-state index is -1.29. The normalized spacial score (nSPS) is 16.2. The quantitative estimate of drug-likeness (QED) is 0.491. The van der Waals surface area contributed by atoms with Gasteiger partial charge in [-0.3, -0.25) is 4.79 Å². The molecule has 0 spiro atoms. The molecule has 1 amide bonds. The molecule has 0 saturated carbocycles. The van der Waals surface area contributed by atoms with E-state index in [1.54, 1.807) is 18.2 Å². The predicted octanol–water partition coefficient (Wildman–Crippen LogP) is 3.64. The van der Waals surface area contributed by atoms with Crippen LogP contribution in [0.3, 0.4) is 0 Å². The minimum absolute atomic E-state index is 0.222. The van der Waals surface area contributed by atoms with Gasteiger partial charge < -0.3 is 19.9 Å². The molecule has 2 rings (SSSR count). The Kier molecular flexibility index (Phi) is 7.66. The fourth-order valence-electron chi connectivity index (χ4n) is 2.82. The van der Waals surface area contributed by atoms with Crippen LogP contribution in [-0.4, -0.2) is 29.9 Å². The Balaban J connectivity index is 2.00. The molecule has 0 fully saturated rings. The molecule has 1 aliphatic heterocycles. The molecule has 6 heteroatoms. The van der Waals surface area contributed by atoms with Crippen LogP contribution < -0.4 is 10.1 Å². The van der Waals surface area contributed by atoms with Gasteiger partial charge in [-0.2, -0.15) is 0 Å². The van der Waals surface area contributed by atoms with Gasteiger partial charge in [0, 0.05) is 18.6 Å². The molecule has 0 bridgehead atoms. The lowest BCUT2D eigenvalue weighted by Gasteiger charge is -2.15. The van der Waals surface area contributed by atoms with Gasteiger partial charge in [-0.25, -0.2) is 4.79 Å². The standard InChI is InChI=1S/C20H27NO5/c1-3-4-5-6-7-8-11-25-18-10-9-15(12-17(18)21-14(2)22)16-13-19(23)26-20(16)24/h9-10,12-13,20,24H,3-8,11H2,1-2H3,(H,21,22). The molecule has 1 aliphatic rings. The molecular weight excluding hydrogens is 334 g/mol. The first kappa shape index (κ1) is 20.0. The third-order valence-electron chi connectivity index (χ3n) is 4.15. The lowest BCUT2D eigenvalue weighted by atomic mass is 10.0. The van der Waals surface area contributed by atoms with Crippen LogP contribution in [0.4, 0.5) is 5.69 Å². The van der Waals surface area contributed by atoms with E-state index in [0.29, 0.717) is 29.2 Å². The van der Waals surface area contributed by atoms with Gasteiger partial charge in [-0.1, -0.05) is 45.1 Å². The van der Waals surface area contributed by atoms with E-state index in [9.17, 15) is 14.7 Å². The Morgan fingerprint density at radius 3 is 2.62 bits per heavy atom. The number of benzene rings is 1. The number of aliphatic hydroxyl groups is 1. The Hall–Kier alpha value is -2.34. The van der Waals surface area contributed by atoms with E-state index in [4.69, 9.17) is 9.47 Å². The zero-order valence-corrected chi connectivity index (χ0v) is 15.4. The van der Waals surface area contributed by atoms with E-state index in [1.807, 2.05) is 0 Å². The number of carbonyl (C=O) groups is 2. The molecule has 1 aromatic carbocycles. The van der Waals surface area contributed by atoms with E-state index >= 15 is 0 Å². The van der Waals surface area contributed by atoms with Crippen molar-refractivity contribution in [3.63, 3.8) is 0 Å². The fraction of sp³-hybridized carbons (Fsp3) is 0.500. The van der Waals surface area contributed by atoms with Gasteiger partial charge in [0.05, 0.1) is 12.3 Å². The zero-order valence-electron chi connectivity index (χ0n) is 15.4. The SMILES string of the molecule is CCCCCCCCOc1ccc(C2=CC(=O)OC2O)cc1NC(C)=O. The summed E-state index contributed by atoms with van der Waals surface area (Å²) in [6.07, 6.45) is 6.98. The van der Waals surface area contributed by atoms with Gasteiger partial charge in [0.1, 0.15) is 5.75 Å². The smallest absolute Gasteiger partial charge is 0.333 e. The fourth-order valence-corrected chi connectivity index (χ4v) is 2.82. The second-order valence-electron chi connectivity index (χ2n) is 6.40. The van der Waals surface area contributed by atoms with Crippen molar-refractivity contribution < 1.29 is 24.2 Å². The third-order valence-corrected chi connectivity index (χ3v) is 4.15. The van der Waals surface area contributed by atoms with Crippen LogP contribution >= 0.6 is 0 Å². The zero-order chi connectivity index (χ0) is 18.9. The maximum atomic E-state index is 11.5. The summed E-state index contributed by atoms with van der Waals surface area (Å²) in [5.41, 5.74) is 1.47. The van der Waals surface area contributed by atoms with E-state index in [-0.39, 0.29) is 5.91 Å². The molecule has 26 heavy (non-hydrogen) atoms. The number of esters is 1. The molecular formula is C20H27NO5. The van der Waals surface area contributed by atoms with Gasteiger partial charge >= 0.3 is 5.97 Å². The number of aliphatic hydroxyl groups excluding tert-OH is 1. The van der Waals surface area contributed by atoms with Gasteiger partial charge in [0.15, 0.2) is 0 Å². The highest BCUT2D eigenvalue weighted by Gasteiger charge is 2.25. The summed E-state index contributed by atoms with van der Waals surface area (Å²) in [5, 5.41) is 12.5. The average Bonchev–Trinajstić information content (AvgIpc) is 2.93. The monoisotopic (exact) mass is 361 g/mol. The maximum absolute atomic E-state index is 11.5. The highest BCUT2D eigenvalue weighted by molar-refractivity contribution is 5.97. The average molecular weight is 361 g/mol. The number of nitrogens with one attached hydrogen (secondary N) is 1. The first-order chi connectivity index (χ1) is 12.5. The van der Waals surface area contributed by atoms with Crippen molar-refractivity contribution in [3.8, 4) is 5.75 Å². The Morgan fingerprint density at radius 1 is 1.23 bits per heavy atom. The number of carbonyl (C=O) groups excluding carboxylic acids is 2. The summed E-state index contributed by atoms with van der Waals surface area (Å²) >= 11 is 0. The molecule has 1 heterocycles. The number of anilines is 1. The summed E-state index contributed by atoms with van der Waals surface area (Å²) < 4.78 is 10.5. The van der Waals surface area contributed by atoms with Gasteiger partial charge in [-0.05, 0) is 24.1 Å². The Labute approximate surface area is 154 Å². The van der Waals surface area contributed by atoms with Gasteiger partial charge in [0.25, 0.3) is 0 Å². The summed E-state index contributed by atoms with van der Waals surface area (Å²) in [5.74, 6) is -0.241. The number of hydrogen-bond acceptors (Lipinski definition) is 5. The van der Waals surface area contributed by atoms with Crippen molar-refractivity contribution in [2.24, 2.45) is 0 Å². The van der Waals surface area contributed by atoms with E-state index in [2.05, 4.69) is 12.2 Å². The molecule has 1 aromatic rings. The highest BCUT2D eigenvalue weighted by Crippen LogP contribution is 2.32. The molecule has 0 radical (unpaired) electrons. The first-order valence-electron chi connectivity index (χ1n) is 9.16. The number of hydrogen-bond donors (Lipinski definition) is 2. The number of unbranched alkanes of at least 4 members (excludes halogenated alkanes) is 5. The minimum Gasteiger partial charge on any atom is -0.491 e. The molecule has 0 saturated heterocycles. The van der Waals surface area contributed by atoms with Crippen LogP contribution in [0.25, 0.3) is 5.57 Å². The lowest BCUT2D eigenvalue weighted by molar-refractivity contribution is -0.149. The molecule has 0 aromatic heterocycles. The van der Waals surface area contributed by atoms with Crippen molar-refractivity contribution in [2.75, 3.05) is 11.9 Å². The lowest BCUT2D eigenvalue weighted by Crippen LogP contribution is -2.11. The van der Waals surface area contributed by atoms with Crippen LogP contribution in [0.2, 0.25) is 0 Å². The van der Waals surface area contributed by atoms with Crippen molar-refractivity contribution in [2.45, 2.75) is 58.7 Å². The van der Waals surface area contributed by atoms with Gasteiger partial charge in [0.2, 0.25) is 12.2 Å². The molecule has 1 unspecified atom stereocenters. The van der Waals surface area contributed by atoms with Crippen LogP contribution in [0.5, 0.6) is 5.75 Å². The van der Waals surface area contributed by atoms with Crippen molar-refractivity contribution >= 4 is 23.1 Å². The second-order valence-corrected chi connectivity index (χ2v) is 6.40. The maximum Gasteiger partial charge on any atom is 0.333 e. The topological polar surface area (TPSA) is 84.9 Å². The Morgan fingerprint density at radius 2 is 1.96 bits per heavy atom. The number of amides is 1. The summed E-state index contributed by atoms with van der Waals surface area (Å²) in [7, 11) is 0. The van der Waals surface area contributed by atoms with E-state index in [0.717, 1.165) is 12.8 Å². The number of ether oxygens (including phenoxy) is 2. The summed E-state index contributed by atoms with van der Waals surface area (Å²) in [4.78, 5) is 22.8. The van der Waals surface area contributed by atoms with Crippen molar-refractivity contribution in [1.82, 2.24) is 0 Å². The molecule has 1 atom stereocenters. The van der Waals surface area contributed by atoms with Gasteiger partial charge in [-0.15, -0.1) is 0 Å². The van der Waals surface area contributed by atoms with Crippen molar-refractivity contribution in [3.05, 3.63) is 29.8 Å². The molecule has 0 aliphatic carbocycles. The third kappa shape index (κ3) is 5.88. The molecule has 6 nitrogen and oxygen atoms in total. The largest absolute Gasteiger partial charge is 0.491 e. The summed E-state index contributed by atoms with van der Waals surface area (Å²) in [6, 6.07) is 5.14. The predicted molar refractivity (Wildman–Crippen MR) is 99.7 cm³/mol. The summed E-state index contributed by atoms with van der Waals surface area (Å²) in [6.45, 7) is 4.18. The van der Waals surface area contributed by atoms with Crippen LogP contribution in [0.15, 0.2) is 24.3 Å². The highest BCUT2D eigenvalue weighted by atomic mass is 16.6. The number of rotatable bonds is 10. The molecule has 2 N–H and O–H groups in total.